The molecule has 4 aliphatic carbocycles. The summed E-state index contributed by atoms with van der Waals surface area (Å²) in [6.07, 6.45) is 6.01. The fourth-order valence-corrected chi connectivity index (χ4v) is 17.2. The van der Waals surface area contributed by atoms with Crippen molar-refractivity contribution in [3.05, 3.63) is 172 Å². The highest BCUT2D eigenvalue weighted by atomic mass is 32.1. The van der Waals surface area contributed by atoms with Crippen LogP contribution in [0.4, 0.5) is 17.6 Å². The number of halogens is 4. The number of aromatic nitrogens is 4. The molecule has 0 amide bonds. The molecule has 82 heavy (non-hydrogen) atoms. The maximum atomic E-state index is 16.9. The maximum absolute atomic E-state index is 16.9. The second-order valence-corrected chi connectivity index (χ2v) is 24.8. The SMILES string of the molecule is O=C1C(=O)c2ccccc2/C1=C/c1cc2c3nsnc3c3cc(/C=C4\C(=O)C(=O)c5cc(-c6c(F)cc7c(c6F)C(=O)C(=O)/C7=C\c6cc7c8nsnc8c8cc(/C=C9\C(=O)C(=O)c%10c(F)cc(F)cc%109)sc8c7s6)ccc54)sc3c2s1. The van der Waals surface area contributed by atoms with Crippen molar-refractivity contribution >= 4 is 224 Å². The van der Waals surface area contributed by atoms with Gasteiger partial charge >= 0.3 is 0 Å². The standard InChI is InChI=1S/C60H18F4N4O8S6/c61-20-8-28-33(53(73)55(75)42(28)39(62)9-20)12-23-16-37-47-48(68-82-67-47)38-17-24(80-60(38)59(37)79-23)13-34-29-18-40(63)41(44(64)43(29)56(76)54(34)74)19-5-6-26-30(7-19)50(70)52(72)32(26)11-22-15-36-46-45(65-81-66-46)35-14-21(77-57(35)58(36)78-22)10-31-25-3-1-2-4-27(25)49(69)51(31)71/h1-18H/b31-10-,32-11-,33-12-,34-13-. The van der Waals surface area contributed by atoms with Gasteiger partial charge in [-0.15, -0.1) is 45.3 Å². The summed E-state index contributed by atoms with van der Waals surface area (Å²) in [5.41, 5.74) is 0.557. The number of thiophene rings is 4. The molecule has 0 bridgehead atoms. The fourth-order valence-electron chi connectivity index (χ4n) is 11.4. The highest BCUT2D eigenvalue weighted by Gasteiger charge is 2.41. The fraction of sp³-hybridized carbons (Fsp3) is 0. The van der Waals surface area contributed by atoms with Crippen LogP contribution in [0.1, 0.15) is 83.2 Å². The van der Waals surface area contributed by atoms with Crippen LogP contribution in [-0.4, -0.2) is 63.8 Å². The Bertz CT molecular complexity index is 5410. The molecule has 22 heteroatoms. The number of allylic oxidation sites excluding steroid dienone is 4. The van der Waals surface area contributed by atoms with Gasteiger partial charge in [0, 0.05) is 91.7 Å². The van der Waals surface area contributed by atoms with Gasteiger partial charge in [0.2, 0.25) is 46.3 Å². The van der Waals surface area contributed by atoms with Crippen molar-refractivity contribution < 1.29 is 55.9 Å². The first kappa shape index (κ1) is 48.7. The summed E-state index contributed by atoms with van der Waals surface area (Å²) in [7, 11) is 0. The molecular formula is C60H18F4N4O8S6. The van der Waals surface area contributed by atoms with E-state index in [0.29, 0.717) is 84.5 Å². The number of ketones is 8. The van der Waals surface area contributed by atoms with Gasteiger partial charge in [0.25, 0.3) is 0 Å². The Balaban J connectivity index is 0.742. The van der Waals surface area contributed by atoms with Gasteiger partial charge < -0.3 is 0 Å². The molecule has 12 aromatic rings. The molecule has 6 aromatic heterocycles. The third-order valence-corrected chi connectivity index (χ3v) is 20.7. The molecule has 12 nitrogen and oxygen atoms in total. The van der Waals surface area contributed by atoms with E-state index in [0.717, 1.165) is 55.8 Å². The number of benzene rings is 6. The van der Waals surface area contributed by atoms with E-state index in [1.54, 1.807) is 48.6 Å². The molecule has 0 unspecified atom stereocenters. The second kappa shape index (κ2) is 17.2. The Morgan fingerprint density at radius 1 is 0.341 bits per heavy atom. The first-order valence-corrected chi connectivity index (χ1v) is 29.0. The smallest absolute Gasteiger partial charge is 0.237 e. The van der Waals surface area contributed by atoms with Gasteiger partial charge in [-0.1, -0.05) is 36.4 Å². The van der Waals surface area contributed by atoms with Crippen molar-refractivity contribution in [2.24, 2.45) is 0 Å². The van der Waals surface area contributed by atoms with Crippen molar-refractivity contribution in [3.63, 3.8) is 0 Å². The Hall–Kier alpha value is -9.16. The molecule has 390 valence electrons. The number of fused-ring (bicyclic) bond motifs is 16. The summed E-state index contributed by atoms with van der Waals surface area (Å²) in [5.74, 6) is -11.9. The highest BCUT2D eigenvalue weighted by molar-refractivity contribution is 7.29. The molecule has 0 atom stereocenters. The van der Waals surface area contributed by atoms with E-state index in [-0.39, 0.29) is 44.5 Å². The molecule has 0 fully saturated rings. The van der Waals surface area contributed by atoms with Gasteiger partial charge in [-0.25, -0.2) is 17.6 Å². The van der Waals surface area contributed by atoms with Gasteiger partial charge in [-0.05, 0) is 83.5 Å². The Labute approximate surface area is 477 Å². The molecule has 16 rings (SSSR count). The van der Waals surface area contributed by atoms with Crippen LogP contribution < -0.4 is 0 Å². The van der Waals surface area contributed by atoms with E-state index in [1.807, 2.05) is 12.1 Å². The van der Waals surface area contributed by atoms with Crippen LogP contribution in [0.5, 0.6) is 0 Å². The zero-order chi connectivity index (χ0) is 56.0. The van der Waals surface area contributed by atoms with E-state index < -0.39 is 86.2 Å². The van der Waals surface area contributed by atoms with Crippen LogP contribution in [0.2, 0.25) is 0 Å². The molecule has 6 aromatic carbocycles. The van der Waals surface area contributed by atoms with Gasteiger partial charge in [0.1, 0.15) is 45.3 Å². The van der Waals surface area contributed by atoms with E-state index in [1.165, 1.54) is 75.7 Å². The number of carbonyl (C=O) groups is 8. The minimum absolute atomic E-state index is 0.0396. The zero-order valence-electron chi connectivity index (χ0n) is 40.4. The Kier molecular flexibility index (Phi) is 10.2. The molecule has 0 saturated heterocycles. The molecule has 4 aliphatic rings. The lowest BCUT2D eigenvalue weighted by Gasteiger charge is -2.10. The maximum Gasteiger partial charge on any atom is 0.237 e. The largest absolute Gasteiger partial charge is 0.285 e. The van der Waals surface area contributed by atoms with Gasteiger partial charge in [0.15, 0.2) is 0 Å². The van der Waals surface area contributed by atoms with Crippen LogP contribution in [0.15, 0.2) is 84.9 Å². The summed E-state index contributed by atoms with van der Waals surface area (Å²) in [5, 5.41) is 2.72. The van der Waals surface area contributed by atoms with Crippen molar-refractivity contribution in [1.29, 1.82) is 0 Å². The number of nitrogens with zero attached hydrogens (tertiary/aromatic N) is 4. The van der Waals surface area contributed by atoms with E-state index >= 15 is 8.78 Å². The quantitative estimate of drug-likeness (QED) is 0.0902. The van der Waals surface area contributed by atoms with E-state index in [2.05, 4.69) is 17.5 Å². The first-order chi connectivity index (χ1) is 39.6. The van der Waals surface area contributed by atoms with Crippen LogP contribution in [0, 0.1) is 23.3 Å². The second-order valence-electron chi connectivity index (χ2n) is 19.4. The van der Waals surface area contributed by atoms with Crippen molar-refractivity contribution in [1.82, 2.24) is 17.5 Å². The third-order valence-electron chi connectivity index (χ3n) is 15.0. The van der Waals surface area contributed by atoms with E-state index in [9.17, 15) is 47.1 Å². The van der Waals surface area contributed by atoms with Crippen molar-refractivity contribution in [2.75, 3.05) is 0 Å². The van der Waals surface area contributed by atoms with Crippen molar-refractivity contribution in [3.8, 4) is 11.1 Å². The molecule has 6 heterocycles. The average Bonchev–Trinajstić information content (AvgIpc) is 4.48. The van der Waals surface area contributed by atoms with Gasteiger partial charge in [-0.3, -0.25) is 38.4 Å². The predicted molar refractivity (Wildman–Crippen MR) is 310 cm³/mol. The van der Waals surface area contributed by atoms with Gasteiger partial charge in [0.05, 0.1) is 58.9 Å². The van der Waals surface area contributed by atoms with Gasteiger partial charge in [-0.2, -0.15) is 17.5 Å². The summed E-state index contributed by atoms with van der Waals surface area (Å²) in [4.78, 5) is 109. The summed E-state index contributed by atoms with van der Waals surface area (Å²) in [6.45, 7) is 0. The lowest BCUT2D eigenvalue weighted by Crippen LogP contribution is -2.08. The predicted octanol–water partition coefficient (Wildman–Crippen LogP) is 14.0. The van der Waals surface area contributed by atoms with Crippen LogP contribution in [0.25, 0.3) is 120 Å². The monoisotopic (exact) mass is 1190 g/mol. The van der Waals surface area contributed by atoms with Crippen molar-refractivity contribution in [2.45, 2.75) is 0 Å². The van der Waals surface area contributed by atoms with Crippen LogP contribution in [0.3, 0.4) is 0 Å². The Morgan fingerprint density at radius 2 is 0.732 bits per heavy atom. The number of rotatable bonds is 5. The normalized spacial score (nSPS) is 17.1. The molecule has 0 radical (unpaired) electrons. The Morgan fingerprint density at radius 3 is 1.22 bits per heavy atom. The zero-order valence-corrected chi connectivity index (χ0v) is 45.3. The minimum Gasteiger partial charge on any atom is -0.285 e. The molecule has 0 aliphatic heterocycles. The molecular weight excluding hydrogens is 1170 g/mol. The number of carbonyl (C=O) groups excluding carboxylic acids is 8. The lowest BCUT2D eigenvalue weighted by molar-refractivity contribution is -0.110. The first-order valence-electron chi connectivity index (χ1n) is 24.3. The molecule has 0 spiro atoms. The summed E-state index contributed by atoms with van der Waals surface area (Å²) >= 11 is 7.06. The number of Topliss-reactive ketones (excluding diaryl/α,β-unsaturated/α-hetero) is 8. The van der Waals surface area contributed by atoms with Crippen LogP contribution in [-0.2, 0) is 19.2 Å². The van der Waals surface area contributed by atoms with E-state index in [4.69, 9.17) is 0 Å². The molecule has 0 saturated carbocycles. The number of hydrogen-bond donors (Lipinski definition) is 0. The lowest BCUT2D eigenvalue weighted by atomic mass is 9.94. The topological polar surface area (TPSA) is 188 Å². The highest BCUT2D eigenvalue weighted by Crippen LogP contribution is 2.49. The number of hydrogen-bond acceptors (Lipinski definition) is 18. The third kappa shape index (κ3) is 6.72. The van der Waals surface area contributed by atoms with Crippen LogP contribution >= 0.6 is 68.8 Å². The summed E-state index contributed by atoms with van der Waals surface area (Å²) < 4.78 is 83.5. The average molecular weight is 1190 g/mol. The summed E-state index contributed by atoms with van der Waals surface area (Å²) in [6, 6.07) is 20.2. The molecule has 0 N–H and O–H groups in total. The minimum atomic E-state index is -1.34.